The first kappa shape index (κ1) is 12.2. The molecule has 6 heteroatoms. The fraction of sp³-hybridized carbons (Fsp3) is 0.500. The molecule has 0 spiro atoms. The van der Waals surface area contributed by atoms with E-state index in [2.05, 4.69) is 10.3 Å². The van der Waals surface area contributed by atoms with Gasteiger partial charge in [0.2, 0.25) is 0 Å². The molecule has 1 amide bonds. The molecule has 0 aromatic carbocycles. The number of carbonyl (C=O) groups excluding carboxylic acids is 1. The minimum absolute atomic E-state index is 0.200. The third-order valence-electron chi connectivity index (χ3n) is 1.91. The van der Waals surface area contributed by atoms with Crippen molar-refractivity contribution in [2.24, 2.45) is 10.9 Å². The summed E-state index contributed by atoms with van der Waals surface area (Å²) in [4.78, 5) is 15.2. The molecule has 0 fully saturated rings. The first-order valence-corrected chi connectivity index (χ1v) is 4.94. The van der Waals surface area contributed by atoms with E-state index in [-0.39, 0.29) is 6.61 Å². The number of aryl methyl sites for hydroxylation is 2. The number of oxime groups is 1. The van der Waals surface area contributed by atoms with E-state index in [1.807, 2.05) is 24.6 Å². The quantitative estimate of drug-likeness (QED) is 0.579. The highest BCUT2D eigenvalue weighted by molar-refractivity contribution is 5.81. The zero-order valence-corrected chi connectivity index (χ0v) is 9.73. The maximum Gasteiger partial charge on any atom is 0.258 e. The van der Waals surface area contributed by atoms with Crippen LogP contribution in [0.1, 0.15) is 18.3 Å². The monoisotopic (exact) mass is 224 g/mol. The molecule has 1 heterocycles. The van der Waals surface area contributed by atoms with Crippen molar-refractivity contribution >= 4 is 11.6 Å². The maximum absolute atomic E-state index is 10.4. The van der Waals surface area contributed by atoms with Crippen LogP contribution in [-0.2, 0) is 16.2 Å². The SMILES string of the molecule is CC(Cn1nc(C)cc1C)=NOCC(N)=O. The Balaban J connectivity index is 2.53. The summed E-state index contributed by atoms with van der Waals surface area (Å²) in [6.45, 7) is 6.04. The Bertz CT molecular complexity index is 409. The van der Waals surface area contributed by atoms with E-state index >= 15 is 0 Å². The summed E-state index contributed by atoms with van der Waals surface area (Å²) < 4.78 is 1.82. The summed E-state index contributed by atoms with van der Waals surface area (Å²) in [6.07, 6.45) is 0. The molecule has 2 N–H and O–H groups in total. The van der Waals surface area contributed by atoms with Crippen molar-refractivity contribution in [2.75, 3.05) is 6.61 Å². The van der Waals surface area contributed by atoms with Crippen LogP contribution in [0.4, 0.5) is 0 Å². The van der Waals surface area contributed by atoms with Crippen LogP contribution in [0.5, 0.6) is 0 Å². The number of nitrogens with zero attached hydrogens (tertiary/aromatic N) is 3. The van der Waals surface area contributed by atoms with Gasteiger partial charge in [0, 0.05) is 5.69 Å². The van der Waals surface area contributed by atoms with Gasteiger partial charge in [-0.3, -0.25) is 9.48 Å². The summed E-state index contributed by atoms with van der Waals surface area (Å²) in [7, 11) is 0. The Hall–Kier alpha value is -1.85. The molecule has 0 atom stereocenters. The molecular weight excluding hydrogens is 208 g/mol. The molecule has 88 valence electrons. The van der Waals surface area contributed by atoms with E-state index < -0.39 is 5.91 Å². The number of hydrogen-bond acceptors (Lipinski definition) is 4. The third-order valence-corrected chi connectivity index (χ3v) is 1.91. The van der Waals surface area contributed by atoms with Gasteiger partial charge in [0.05, 0.1) is 18.0 Å². The Morgan fingerprint density at radius 3 is 2.81 bits per heavy atom. The first-order chi connectivity index (χ1) is 7.49. The van der Waals surface area contributed by atoms with Gasteiger partial charge in [0.25, 0.3) is 5.91 Å². The molecule has 0 saturated heterocycles. The Labute approximate surface area is 94.1 Å². The van der Waals surface area contributed by atoms with Gasteiger partial charge in [-0.05, 0) is 26.8 Å². The molecular formula is C10H16N4O2. The van der Waals surface area contributed by atoms with Crippen molar-refractivity contribution in [1.29, 1.82) is 0 Å². The van der Waals surface area contributed by atoms with Gasteiger partial charge in [-0.25, -0.2) is 0 Å². The number of hydrogen-bond donors (Lipinski definition) is 1. The highest BCUT2D eigenvalue weighted by atomic mass is 16.6. The lowest BCUT2D eigenvalue weighted by atomic mass is 10.4. The number of primary amides is 1. The number of rotatable bonds is 5. The Kier molecular flexibility index (Phi) is 4.04. The molecule has 0 aliphatic heterocycles. The minimum atomic E-state index is -0.539. The normalized spacial score (nSPS) is 11.6. The zero-order valence-electron chi connectivity index (χ0n) is 9.73. The average molecular weight is 224 g/mol. The van der Waals surface area contributed by atoms with Crippen LogP contribution in [0, 0.1) is 13.8 Å². The van der Waals surface area contributed by atoms with Gasteiger partial charge in [0.15, 0.2) is 6.61 Å². The van der Waals surface area contributed by atoms with Crippen molar-refractivity contribution in [3.05, 3.63) is 17.5 Å². The van der Waals surface area contributed by atoms with E-state index in [0.29, 0.717) is 6.54 Å². The highest BCUT2D eigenvalue weighted by Gasteiger charge is 2.02. The largest absolute Gasteiger partial charge is 0.386 e. The van der Waals surface area contributed by atoms with E-state index in [9.17, 15) is 4.79 Å². The van der Waals surface area contributed by atoms with Crippen molar-refractivity contribution in [1.82, 2.24) is 9.78 Å². The molecule has 1 aromatic heterocycles. The second kappa shape index (κ2) is 5.29. The number of aromatic nitrogens is 2. The van der Waals surface area contributed by atoms with Crippen LogP contribution < -0.4 is 5.73 Å². The van der Waals surface area contributed by atoms with Gasteiger partial charge >= 0.3 is 0 Å². The summed E-state index contributed by atoms with van der Waals surface area (Å²) >= 11 is 0. The number of amides is 1. The van der Waals surface area contributed by atoms with E-state index in [0.717, 1.165) is 17.1 Å². The molecule has 0 bridgehead atoms. The molecule has 0 aliphatic rings. The van der Waals surface area contributed by atoms with Crippen LogP contribution in [0.15, 0.2) is 11.2 Å². The molecule has 0 unspecified atom stereocenters. The van der Waals surface area contributed by atoms with Crippen molar-refractivity contribution in [3.8, 4) is 0 Å². The standard InChI is InChI=1S/C10H16N4O2/c1-7-4-9(3)14(12-7)5-8(2)13-16-6-10(11)15/h4H,5-6H2,1-3H3,(H2,11,15). The highest BCUT2D eigenvalue weighted by Crippen LogP contribution is 2.01. The number of carbonyl (C=O) groups is 1. The topological polar surface area (TPSA) is 82.5 Å². The average Bonchev–Trinajstić information content (AvgIpc) is 2.44. The fourth-order valence-corrected chi connectivity index (χ4v) is 1.29. The van der Waals surface area contributed by atoms with E-state index in [4.69, 9.17) is 10.6 Å². The number of nitrogens with two attached hydrogens (primary N) is 1. The predicted molar refractivity (Wildman–Crippen MR) is 60.0 cm³/mol. The predicted octanol–water partition coefficient (Wildman–Crippen LogP) is 0.378. The van der Waals surface area contributed by atoms with Gasteiger partial charge in [-0.2, -0.15) is 5.10 Å². The lowest BCUT2D eigenvalue weighted by molar-refractivity contribution is -0.122. The summed E-state index contributed by atoms with van der Waals surface area (Å²) in [5, 5.41) is 8.05. The van der Waals surface area contributed by atoms with E-state index in [1.165, 1.54) is 0 Å². The van der Waals surface area contributed by atoms with Crippen LogP contribution >= 0.6 is 0 Å². The zero-order chi connectivity index (χ0) is 12.1. The fourth-order valence-electron chi connectivity index (χ4n) is 1.29. The molecule has 16 heavy (non-hydrogen) atoms. The van der Waals surface area contributed by atoms with E-state index in [1.54, 1.807) is 6.92 Å². The lowest BCUT2D eigenvalue weighted by Crippen LogP contribution is -2.17. The van der Waals surface area contributed by atoms with Crippen LogP contribution in [-0.4, -0.2) is 28.0 Å². The van der Waals surface area contributed by atoms with Crippen molar-refractivity contribution in [3.63, 3.8) is 0 Å². The lowest BCUT2D eigenvalue weighted by Gasteiger charge is -2.03. The van der Waals surface area contributed by atoms with Gasteiger partial charge in [-0.15, -0.1) is 0 Å². The van der Waals surface area contributed by atoms with Gasteiger partial charge < -0.3 is 10.6 Å². The van der Waals surface area contributed by atoms with Crippen molar-refractivity contribution in [2.45, 2.75) is 27.3 Å². The van der Waals surface area contributed by atoms with Gasteiger partial charge in [-0.1, -0.05) is 5.16 Å². The van der Waals surface area contributed by atoms with Gasteiger partial charge in [0.1, 0.15) is 0 Å². The molecule has 6 nitrogen and oxygen atoms in total. The van der Waals surface area contributed by atoms with Crippen LogP contribution in [0.25, 0.3) is 0 Å². The second-order valence-electron chi connectivity index (χ2n) is 3.65. The Morgan fingerprint density at radius 1 is 1.62 bits per heavy atom. The minimum Gasteiger partial charge on any atom is -0.386 e. The van der Waals surface area contributed by atoms with Crippen LogP contribution in [0.3, 0.4) is 0 Å². The molecule has 0 saturated carbocycles. The molecule has 1 rings (SSSR count). The third kappa shape index (κ3) is 3.72. The maximum atomic E-state index is 10.4. The molecule has 0 aliphatic carbocycles. The molecule has 0 radical (unpaired) electrons. The smallest absolute Gasteiger partial charge is 0.258 e. The first-order valence-electron chi connectivity index (χ1n) is 4.94. The van der Waals surface area contributed by atoms with Crippen LogP contribution in [0.2, 0.25) is 0 Å². The molecule has 1 aromatic rings. The summed E-state index contributed by atoms with van der Waals surface area (Å²) in [5.74, 6) is -0.539. The summed E-state index contributed by atoms with van der Waals surface area (Å²) in [6, 6.07) is 1.98. The second-order valence-corrected chi connectivity index (χ2v) is 3.65. The Morgan fingerprint density at radius 2 is 2.31 bits per heavy atom. The van der Waals surface area contributed by atoms with Crippen molar-refractivity contribution < 1.29 is 9.63 Å². The summed E-state index contributed by atoms with van der Waals surface area (Å²) in [5.41, 5.74) is 7.66.